The highest BCUT2D eigenvalue weighted by atomic mass is 19.4. The van der Waals surface area contributed by atoms with E-state index in [1.165, 1.54) is 19.2 Å². The van der Waals surface area contributed by atoms with E-state index < -0.39 is 30.3 Å². The van der Waals surface area contributed by atoms with Gasteiger partial charge in [0.2, 0.25) is 11.8 Å². The van der Waals surface area contributed by atoms with Gasteiger partial charge in [-0.15, -0.1) is 13.2 Å². The Bertz CT molecular complexity index is 2390. The monoisotopic (exact) mass is 874 g/mol. The van der Waals surface area contributed by atoms with Crippen LogP contribution < -0.4 is 15.4 Å². The van der Waals surface area contributed by atoms with Crippen molar-refractivity contribution in [3.05, 3.63) is 54.4 Å². The van der Waals surface area contributed by atoms with Gasteiger partial charge in [-0.3, -0.25) is 14.5 Å². The lowest BCUT2D eigenvalue weighted by atomic mass is 9.99. The molecule has 1 aliphatic carbocycles. The van der Waals surface area contributed by atoms with E-state index in [0.29, 0.717) is 62.1 Å². The van der Waals surface area contributed by atoms with Crippen LogP contribution in [-0.2, 0) is 14.3 Å². The Balaban J connectivity index is 0.947. The quantitative estimate of drug-likeness (QED) is 0.154. The molecule has 4 atom stereocenters. The number of likely N-dealkylation sites (tertiary alicyclic amines) is 2. The standard InChI is InChI=1S/C46H57F3N8O6/c1-26(2)38(53-44(61)62-6)42(59)57-25-27(3)21-36(57)40-51-35-12-8-29-22-28(7-10-33(29)39(35)52-40)32-11-9-30(23-37(32)63-46(47,48)49)50-43(60)56-19-17-54(18-20-56)31-13-15-55(16-14-31)41(58)34-24-45(34,4)5/h7-12,22-23,26-27,31,34,36,38H,13-21,24-25H2,1-6H3,(H,50,60)(H,51,52)(H,53,61)/t27-,34+,36-,38-/m0/s1. The molecule has 4 fully saturated rings. The fourth-order valence-electron chi connectivity index (χ4n) is 9.67. The van der Waals surface area contributed by atoms with Gasteiger partial charge in [-0.05, 0) is 78.1 Å². The Morgan fingerprint density at radius 2 is 1.65 bits per heavy atom. The zero-order valence-corrected chi connectivity index (χ0v) is 36.7. The van der Waals surface area contributed by atoms with Crippen molar-refractivity contribution in [1.29, 1.82) is 0 Å². The van der Waals surface area contributed by atoms with E-state index in [2.05, 4.69) is 46.0 Å². The molecule has 5 amide bonds. The first-order valence-electron chi connectivity index (χ1n) is 22.0. The van der Waals surface area contributed by atoms with E-state index >= 15 is 0 Å². The molecule has 0 radical (unpaired) electrons. The minimum absolute atomic E-state index is 0.107. The summed E-state index contributed by atoms with van der Waals surface area (Å²) in [6.45, 7) is 14.3. The third kappa shape index (κ3) is 9.39. The zero-order chi connectivity index (χ0) is 45.0. The number of urea groups is 1. The highest BCUT2D eigenvalue weighted by Crippen LogP contribution is 2.52. The minimum atomic E-state index is -4.99. The van der Waals surface area contributed by atoms with Crippen LogP contribution in [-0.4, -0.2) is 125 Å². The Kier molecular flexibility index (Phi) is 12.0. The number of carbonyl (C=O) groups is 4. The molecule has 1 saturated carbocycles. The SMILES string of the molecule is COC(=O)N[C@H](C(=O)N1C[C@@H](C)C[C@H]1c1nc2c(ccc3cc(-c4ccc(NC(=O)N5CCN(C6CCN(C(=O)[C@H]7CC7(C)C)CC6)CC5)cc4OC(F)(F)F)ccc32)[nH]1)C(C)C. The number of hydrogen-bond acceptors (Lipinski definition) is 8. The average molecular weight is 875 g/mol. The molecule has 17 heteroatoms. The summed E-state index contributed by atoms with van der Waals surface area (Å²) in [5, 5.41) is 6.94. The van der Waals surface area contributed by atoms with Crippen molar-refractivity contribution >= 4 is 51.4 Å². The van der Waals surface area contributed by atoms with Crippen molar-refractivity contribution in [3.8, 4) is 16.9 Å². The summed E-state index contributed by atoms with van der Waals surface area (Å²) >= 11 is 0. The largest absolute Gasteiger partial charge is 0.573 e. The normalized spacial score (nSPS) is 22.4. The van der Waals surface area contributed by atoms with Crippen molar-refractivity contribution < 1.29 is 41.8 Å². The Morgan fingerprint density at radius 3 is 2.30 bits per heavy atom. The number of hydrogen-bond donors (Lipinski definition) is 3. The number of alkyl carbamates (subject to hydrolysis) is 1. The molecule has 1 aromatic heterocycles. The molecule has 14 nitrogen and oxygen atoms in total. The van der Waals surface area contributed by atoms with Crippen LogP contribution in [0, 0.1) is 23.2 Å². The number of imidazole rings is 1. The molecule has 3 aliphatic heterocycles. The number of methoxy groups -OCH3 is 1. The number of aromatic nitrogens is 2. The molecule has 338 valence electrons. The van der Waals surface area contributed by atoms with E-state index in [9.17, 15) is 32.3 Å². The van der Waals surface area contributed by atoms with Crippen molar-refractivity contribution in [1.82, 2.24) is 34.9 Å². The van der Waals surface area contributed by atoms with Gasteiger partial charge in [0.05, 0.1) is 24.2 Å². The fourth-order valence-corrected chi connectivity index (χ4v) is 9.67. The maximum Gasteiger partial charge on any atom is 0.573 e. The van der Waals surface area contributed by atoms with Crippen molar-refractivity contribution in [2.75, 3.05) is 58.2 Å². The van der Waals surface area contributed by atoms with E-state index in [1.54, 1.807) is 34.1 Å². The van der Waals surface area contributed by atoms with E-state index in [1.807, 2.05) is 30.9 Å². The second kappa shape index (κ2) is 17.2. The van der Waals surface area contributed by atoms with Gasteiger partial charge in [-0.1, -0.05) is 52.8 Å². The number of rotatable bonds is 9. The topological polar surface area (TPSA) is 152 Å². The third-order valence-electron chi connectivity index (χ3n) is 13.5. The second-order valence-electron chi connectivity index (χ2n) is 18.7. The first-order chi connectivity index (χ1) is 29.9. The summed E-state index contributed by atoms with van der Waals surface area (Å²) in [4.78, 5) is 68.4. The molecule has 4 aliphatic rings. The number of piperazine rings is 1. The highest BCUT2D eigenvalue weighted by molar-refractivity contribution is 6.05. The molecule has 3 N–H and O–H groups in total. The molecule has 3 aromatic carbocycles. The summed E-state index contributed by atoms with van der Waals surface area (Å²) < 4.78 is 50.9. The summed E-state index contributed by atoms with van der Waals surface area (Å²) in [5.41, 5.74) is 2.32. The molecular formula is C46H57F3N8O6. The van der Waals surface area contributed by atoms with E-state index in [-0.39, 0.29) is 52.3 Å². The number of nitrogens with zero attached hydrogens (tertiary/aromatic N) is 5. The van der Waals surface area contributed by atoms with E-state index in [0.717, 1.165) is 48.6 Å². The van der Waals surface area contributed by atoms with Crippen LogP contribution in [0.2, 0.25) is 0 Å². The van der Waals surface area contributed by atoms with Gasteiger partial charge < -0.3 is 39.8 Å². The number of alkyl halides is 3. The predicted molar refractivity (Wildman–Crippen MR) is 232 cm³/mol. The summed E-state index contributed by atoms with van der Waals surface area (Å²) in [7, 11) is 1.25. The minimum Gasteiger partial charge on any atom is -0.453 e. The van der Waals surface area contributed by atoms with Crippen LogP contribution in [0.1, 0.15) is 72.2 Å². The summed E-state index contributed by atoms with van der Waals surface area (Å²) in [6.07, 6.45) is -2.27. The molecule has 3 saturated heterocycles. The third-order valence-corrected chi connectivity index (χ3v) is 13.5. The van der Waals surface area contributed by atoms with Crippen molar-refractivity contribution in [2.24, 2.45) is 23.2 Å². The maximum atomic E-state index is 13.9. The number of ether oxygens (including phenoxy) is 2. The number of halogens is 3. The summed E-state index contributed by atoms with van der Waals surface area (Å²) in [6, 6.07) is 12.0. The number of piperidine rings is 1. The summed E-state index contributed by atoms with van der Waals surface area (Å²) in [5.74, 6) is 0.316. The van der Waals surface area contributed by atoms with Crippen LogP contribution >= 0.6 is 0 Å². The number of H-pyrrole nitrogens is 1. The lowest BCUT2D eigenvalue weighted by molar-refractivity contribution is -0.274. The van der Waals surface area contributed by atoms with Gasteiger partial charge in [-0.2, -0.15) is 0 Å². The fraction of sp³-hybridized carbons (Fsp3) is 0.543. The van der Waals surface area contributed by atoms with Gasteiger partial charge >= 0.3 is 18.5 Å². The number of fused-ring (bicyclic) bond motifs is 3. The first kappa shape index (κ1) is 44.0. The number of aromatic amines is 1. The molecule has 63 heavy (non-hydrogen) atoms. The highest BCUT2D eigenvalue weighted by Gasteiger charge is 2.52. The lowest BCUT2D eigenvalue weighted by Crippen LogP contribution is -2.55. The number of amides is 5. The average Bonchev–Trinajstić information content (AvgIpc) is 3.51. The van der Waals surface area contributed by atoms with Crippen LogP contribution in [0.4, 0.5) is 28.4 Å². The van der Waals surface area contributed by atoms with Crippen molar-refractivity contribution in [3.63, 3.8) is 0 Å². The van der Waals surface area contributed by atoms with Crippen molar-refractivity contribution in [2.45, 2.75) is 84.8 Å². The van der Waals surface area contributed by atoms with Crippen LogP contribution in [0.15, 0.2) is 48.5 Å². The Hall–Kier alpha value is -5.58. The number of benzene rings is 3. The van der Waals surface area contributed by atoms with Gasteiger partial charge in [0.25, 0.3) is 0 Å². The molecule has 0 unspecified atom stereocenters. The smallest absolute Gasteiger partial charge is 0.453 e. The van der Waals surface area contributed by atoms with Gasteiger partial charge in [0, 0.05) is 80.5 Å². The number of nitrogens with one attached hydrogen (secondary N) is 3. The second-order valence-corrected chi connectivity index (χ2v) is 18.7. The maximum absolute atomic E-state index is 13.9. The van der Waals surface area contributed by atoms with Gasteiger partial charge in [-0.25, -0.2) is 14.6 Å². The van der Waals surface area contributed by atoms with Gasteiger partial charge in [0.15, 0.2) is 0 Å². The number of carbonyl (C=O) groups excluding carboxylic acids is 4. The lowest BCUT2D eigenvalue weighted by Gasteiger charge is -2.42. The van der Waals surface area contributed by atoms with Crippen LogP contribution in [0.5, 0.6) is 5.75 Å². The molecular weight excluding hydrogens is 818 g/mol. The van der Waals surface area contributed by atoms with Crippen LogP contribution in [0.25, 0.3) is 32.9 Å². The van der Waals surface area contributed by atoms with E-state index in [4.69, 9.17) is 9.72 Å². The predicted octanol–water partition coefficient (Wildman–Crippen LogP) is 7.76. The molecule has 8 rings (SSSR count). The van der Waals surface area contributed by atoms with Gasteiger partial charge in [0.1, 0.15) is 17.6 Å². The first-order valence-corrected chi connectivity index (χ1v) is 22.0. The number of anilines is 1. The zero-order valence-electron chi connectivity index (χ0n) is 36.7. The molecule has 0 bridgehead atoms. The molecule has 4 aromatic rings. The molecule has 4 heterocycles. The Morgan fingerprint density at radius 1 is 0.937 bits per heavy atom. The Labute approximate surface area is 364 Å². The molecule has 0 spiro atoms. The van der Waals surface area contributed by atoms with Crippen LogP contribution in [0.3, 0.4) is 0 Å².